The van der Waals surface area contributed by atoms with E-state index in [9.17, 15) is 0 Å². The van der Waals surface area contributed by atoms with Crippen LogP contribution in [0, 0.1) is 5.41 Å². The quantitative estimate of drug-likeness (QED) is 0.608. The molecular formula is C14H30N2. The molecule has 0 aromatic rings. The number of likely N-dealkylation sites (tertiary alicyclic amines) is 1. The summed E-state index contributed by atoms with van der Waals surface area (Å²) in [5.41, 5.74) is 0.696. The lowest BCUT2D eigenvalue weighted by Crippen LogP contribution is -2.56. The van der Waals surface area contributed by atoms with E-state index in [0.29, 0.717) is 5.41 Å². The highest BCUT2D eigenvalue weighted by Crippen LogP contribution is 2.39. The van der Waals surface area contributed by atoms with Gasteiger partial charge in [0.2, 0.25) is 0 Å². The first-order valence-electron chi connectivity index (χ1n) is 7.19. The van der Waals surface area contributed by atoms with E-state index in [1.165, 1.54) is 58.3 Å². The van der Waals surface area contributed by atoms with E-state index in [0.717, 1.165) is 6.54 Å². The van der Waals surface area contributed by atoms with Crippen molar-refractivity contribution in [1.29, 1.82) is 0 Å². The van der Waals surface area contributed by atoms with E-state index in [-0.39, 0.29) is 0 Å². The Balaban J connectivity index is 2.12. The van der Waals surface area contributed by atoms with Gasteiger partial charge in [0.25, 0.3) is 0 Å². The van der Waals surface area contributed by atoms with Crippen molar-refractivity contribution >= 4 is 0 Å². The molecule has 1 heterocycles. The summed E-state index contributed by atoms with van der Waals surface area (Å²) in [5.74, 6) is 0. The molecule has 0 unspecified atom stereocenters. The Bertz CT molecular complexity index is 166. The molecule has 0 amide bonds. The lowest BCUT2D eigenvalue weighted by Gasteiger charge is -2.51. The fraction of sp³-hybridized carbons (Fsp3) is 1.00. The molecular weight excluding hydrogens is 196 g/mol. The number of hydrogen-bond acceptors (Lipinski definition) is 2. The summed E-state index contributed by atoms with van der Waals surface area (Å²) in [5, 5.41) is 3.40. The molecule has 0 radical (unpaired) electrons. The number of nitrogens with one attached hydrogen (secondary N) is 1. The van der Waals surface area contributed by atoms with Crippen LogP contribution in [-0.2, 0) is 0 Å². The Hall–Kier alpha value is -0.0800. The third-order valence-corrected chi connectivity index (χ3v) is 3.76. The zero-order valence-corrected chi connectivity index (χ0v) is 11.5. The Morgan fingerprint density at radius 3 is 2.19 bits per heavy atom. The third kappa shape index (κ3) is 4.06. The molecule has 1 rings (SSSR count). The van der Waals surface area contributed by atoms with E-state index in [1.54, 1.807) is 0 Å². The molecule has 0 aromatic heterocycles. The fourth-order valence-electron chi connectivity index (χ4n) is 3.17. The van der Waals surface area contributed by atoms with Crippen LogP contribution in [0.4, 0.5) is 0 Å². The predicted octanol–water partition coefficient (Wildman–Crippen LogP) is 2.89. The Kier molecular flexibility index (Phi) is 6.37. The largest absolute Gasteiger partial charge is 0.317 e. The minimum absolute atomic E-state index is 0.696. The highest BCUT2D eigenvalue weighted by Gasteiger charge is 2.40. The average Bonchev–Trinajstić information content (AvgIpc) is 2.22. The normalized spacial score (nSPS) is 19.7. The minimum atomic E-state index is 0.696. The van der Waals surface area contributed by atoms with Crippen molar-refractivity contribution in [1.82, 2.24) is 10.2 Å². The van der Waals surface area contributed by atoms with Gasteiger partial charge in [-0.05, 0) is 44.3 Å². The fourth-order valence-corrected chi connectivity index (χ4v) is 3.17. The Labute approximate surface area is 102 Å². The average molecular weight is 226 g/mol. The minimum Gasteiger partial charge on any atom is -0.317 e. The van der Waals surface area contributed by atoms with Gasteiger partial charge in [-0.3, -0.25) is 0 Å². The van der Waals surface area contributed by atoms with Gasteiger partial charge in [0.1, 0.15) is 0 Å². The molecule has 0 atom stereocenters. The summed E-state index contributed by atoms with van der Waals surface area (Å²) in [7, 11) is 0. The predicted molar refractivity (Wildman–Crippen MR) is 71.8 cm³/mol. The van der Waals surface area contributed by atoms with Crippen molar-refractivity contribution in [2.75, 3.05) is 32.7 Å². The van der Waals surface area contributed by atoms with Crippen LogP contribution in [-0.4, -0.2) is 37.6 Å². The standard InChI is InChI=1S/C14H30N2/c1-4-8-14(9-5-2)12-16(13-14)11-7-10-15-6-3/h15H,4-13H2,1-3H3. The van der Waals surface area contributed by atoms with Crippen molar-refractivity contribution < 1.29 is 0 Å². The first kappa shape index (κ1) is 14.0. The molecule has 0 aliphatic carbocycles. The van der Waals surface area contributed by atoms with Crippen LogP contribution in [0.3, 0.4) is 0 Å². The maximum Gasteiger partial charge on any atom is 0.00505 e. The van der Waals surface area contributed by atoms with Crippen LogP contribution in [0.5, 0.6) is 0 Å². The summed E-state index contributed by atoms with van der Waals surface area (Å²) >= 11 is 0. The SMILES string of the molecule is CCCC1(CCC)CN(CCCNCC)C1. The second-order valence-corrected chi connectivity index (χ2v) is 5.42. The highest BCUT2D eigenvalue weighted by molar-refractivity contribution is 4.94. The summed E-state index contributed by atoms with van der Waals surface area (Å²) in [6, 6.07) is 0. The molecule has 0 spiro atoms. The third-order valence-electron chi connectivity index (χ3n) is 3.76. The lowest BCUT2D eigenvalue weighted by atomic mass is 9.72. The first-order chi connectivity index (χ1) is 7.76. The first-order valence-corrected chi connectivity index (χ1v) is 7.19. The van der Waals surface area contributed by atoms with Crippen LogP contribution < -0.4 is 5.32 Å². The van der Waals surface area contributed by atoms with Crippen molar-refractivity contribution in [2.45, 2.75) is 52.9 Å². The van der Waals surface area contributed by atoms with Crippen LogP contribution in [0.1, 0.15) is 52.9 Å². The number of hydrogen-bond donors (Lipinski definition) is 1. The van der Waals surface area contributed by atoms with Gasteiger partial charge in [-0.1, -0.05) is 33.6 Å². The molecule has 1 N–H and O–H groups in total. The Morgan fingerprint density at radius 1 is 1.06 bits per heavy atom. The van der Waals surface area contributed by atoms with Gasteiger partial charge < -0.3 is 10.2 Å². The summed E-state index contributed by atoms with van der Waals surface area (Å²) in [6.07, 6.45) is 6.88. The Morgan fingerprint density at radius 2 is 1.69 bits per heavy atom. The summed E-state index contributed by atoms with van der Waals surface area (Å²) in [6.45, 7) is 13.1. The van der Waals surface area contributed by atoms with Gasteiger partial charge in [-0.25, -0.2) is 0 Å². The van der Waals surface area contributed by atoms with Crippen LogP contribution in [0.2, 0.25) is 0 Å². The molecule has 1 aliphatic rings. The second kappa shape index (κ2) is 7.29. The van der Waals surface area contributed by atoms with Crippen LogP contribution in [0.15, 0.2) is 0 Å². The molecule has 1 aliphatic heterocycles. The van der Waals surface area contributed by atoms with E-state index in [1.807, 2.05) is 0 Å². The van der Waals surface area contributed by atoms with Gasteiger partial charge in [-0.2, -0.15) is 0 Å². The second-order valence-electron chi connectivity index (χ2n) is 5.42. The smallest absolute Gasteiger partial charge is 0.00505 e. The highest BCUT2D eigenvalue weighted by atomic mass is 15.2. The van der Waals surface area contributed by atoms with Crippen LogP contribution >= 0.6 is 0 Å². The van der Waals surface area contributed by atoms with E-state index < -0.39 is 0 Å². The van der Waals surface area contributed by atoms with Gasteiger partial charge in [0, 0.05) is 13.1 Å². The molecule has 2 heteroatoms. The van der Waals surface area contributed by atoms with Gasteiger partial charge >= 0.3 is 0 Å². The maximum atomic E-state index is 3.40. The summed E-state index contributed by atoms with van der Waals surface area (Å²) in [4.78, 5) is 2.64. The van der Waals surface area contributed by atoms with E-state index >= 15 is 0 Å². The van der Waals surface area contributed by atoms with Crippen LogP contribution in [0.25, 0.3) is 0 Å². The van der Waals surface area contributed by atoms with Gasteiger partial charge in [0.15, 0.2) is 0 Å². The van der Waals surface area contributed by atoms with Crippen molar-refractivity contribution in [3.63, 3.8) is 0 Å². The van der Waals surface area contributed by atoms with Crippen molar-refractivity contribution in [3.8, 4) is 0 Å². The topological polar surface area (TPSA) is 15.3 Å². The number of nitrogens with zero attached hydrogens (tertiary/aromatic N) is 1. The zero-order chi connectivity index (χ0) is 11.9. The molecule has 16 heavy (non-hydrogen) atoms. The molecule has 0 bridgehead atoms. The summed E-state index contributed by atoms with van der Waals surface area (Å²) < 4.78 is 0. The molecule has 1 saturated heterocycles. The molecule has 2 nitrogen and oxygen atoms in total. The van der Waals surface area contributed by atoms with E-state index in [2.05, 4.69) is 31.0 Å². The zero-order valence-electron chi connectivity index (χ0n) is 11.5. The molecule has 1 fully saturated rings. The molecule has 0 saturated carbocycles. The lowest BCUT2D eigenvalue weighted by molar-refractivity contribution is -0.0147. The maximum absolute atomic E-state index is 3.40. The molecule has 96 valence electrons. The number of rotatable bonds is 9. The van der Waals surface area contributed by atoms with Crippen molar-refractivity contribution in [2.24, 2.45) is 5.41 Å². The van der Waals surface area contributed by atoms with Crippen molar-refractivity contribution in [3.05, 3.63) is 0 Å². The molecule has 0 aromatic carbocycles. The van der Waals surface area contributed by atoms with Gasteiger partial charge in [-0.15, -0.1) is 0 Å². The van der Waals surface area contributed by atoms with Gasteiger partial charge in [0.05, 0.1) is 0 Å². The monoisotopic (exact) mass is 226 g/mol. The van der Waals surface area contributed by atoms with E-state index in [4.69, 9.17) is 0 Å².